The van der Waals surface area contributed by atoms with Gasteiger partial charge in [0.05, 0.1) is 10.5 Å². The molecule has 0 N–H and O–H groups in total. The fourth-order valence-electron chi connectivity index (χ4n) is 1.29. The van der Waals surface area contributed by atoms with E-state index in [0.717, 1.165) is 0 Å². The number of carbonyl (C=O) groups excluding carboxylic acids is 1. The monoisotopic (exact) mass is 249 g/mol. The van der Waals surface area contributed by atoms with Crippen LogP contribution in [0.4, 0.5) is 5.69 Å². The van der Waals surface area contributed by atoms with Crippen molar-refractivity contribution in [1.29, 1.82) is 0 Å². The summed E-state index contributed by atoms with van der Waals surface area (Å²) in [5.74, 6) is -0.527. The molecule has 0 atom stereocenters. The number of nitro benzene ring substituents is 1. The normalized spacial score (nSPS) is 11.5. The number of nitrogens with zero attached hydrogens (tertiary/aromatic N) is 1. The molecule has 0 aliphatic heterocycles. The molecule has 0 amide bonds. The van der Waals surface area contributed by atoms with Crippen molar-refractivity contribution in [2.24, 2.45) is 0 Å². The summed E-state index contributed by atoms with van der Waals surface area (Å²) >= 11 is 0. The minimum atomic E-state index is -0.579. The lowest BCUT2D eigenvalue weighted by molar-refractivity contribution is -0.385. The second-order valence-electron chi connectivity index (χ2n) is 4.68. The standard InChI is InChI=1S/C13H15NO4/c1-13(2,3)18-12(15)9-8-10-6-4-5-7-11(10)14(16)17/h4-9H,1-3H3/b9-8-. The third kappa shape index (κ3) is 4.37. The molecule has 0 bridgehead atoms. The van der Waals surface area contributed by atoms with Gasteiger partial charge in [0, 0.05) is 12.1 Å². The molecule has 0 aliphatic carbocycles. The minimum absolute atomic E-state index is 0.0442. The SMILES string of the molecule is CC(C)(C)OC(=O)/C=C\c1ccccc1[N+](=O)[O-]. The van der Waals surface area contributed by atoms with Gasteiger partial charge in [0.1, 0.15) is 5.60 Å². The Bertz CT molecular complexity index is 486. The lowest BCUT2D eigenvalue weighted by Gasteiger charge is -2.17. The molecule has 0 spiro atoms. The van der Waals surface area contributed by atoms with E-state index in [0.29, 0.717) is 5.56 Å². The Kier molecular flexibility index (Phi) is 4.20. The molecule has 0 saturated carbocycles. The highest BCUT2D eigenvalue weighted by molar-refractivity contribution is 5.88. The zero-order valence-corrected chi connectivity index (χ0v) is 10.5. The molecule has 0 unspecified atom stereocenters. The average molecular weight is 249 g/mol. The van der Waals surface area contributed by atoms with Gasteiger partial charge in [0.2, 0.25) is 0 Å². The van der Waals surface area contributed by atoms with Crippen LogP contribution in [0.2, 0.25) is 0 Å². The van der Waals surface area contributed by atoms with Crippen molar-refractivity contribution in [3.8, 4) is 0 Å². The molecule has 5 nitrogen and oxygen atoms in total. The van der Waals surface area contributed by atoms with Crippen molar-refractivity contribution in [3.05, 3.63) is 46.0 Å². The molecule has 1 aromatic carbocycles. The first-order chi connectivity index (χ1) is 8.29. The molecule has 0 heterocycles. The van der Waals surface area contributed by atoms with Crippen molar-refractivity contribution in [1.82, 2.24) is 0 Å². The number of carbonyl (C=O) groups is 1. The highest BCUT2D eigenvalue weighted by Crippen LogP contribution is 2.19. The van der Waals surface area contributed by atoms with Gasteiger partial charge in [-0.2, -0.15) is 0 Å². The maximum Gasteiger partial charge on any atom is 0.331 e. The Hall–Kier alpha value is -2.17. The van der Waals surface area contributed by atoms with E-state index in [4.69, 9.17) is 4.74 Å². The van der Waals surface area contributed by atoms with Crippen LogP contribution in [0.3, 0.4) is 0 Å². The van der Waals surface area contributed by atoms with Crippen LogP contribution in [-0.4, -0.2) is 16.5 Å². The summed E-state index contributed by atoms with van der Waals surface area (Å²) in [6, 6.07) is 6.19. The van der Waals surface area contributed by atoms with Gasteiger partial charge in [0.25, 0.3) is 5.69 Å². The molecule has 18 heavy (non-hydrogen) atoms. The van der Waals surface area contributed by atoms with E-state index < -0.39 is 16.5 Å². The molecule has 1 aromatic rings. The van der Waals surface area contributed by atoms with Gasteiger partial charge in [0.15, 0.2) is 0 Å². The topological polar surface area (TPSA) is 69.4 Å². The summed E-state index contributed by atoms with van der Waals surface area (Å²) in [7, 11) is 0. The highest BCUT2D eigenvalue weighted by Gasteiger charge is 2.15. The van der Waals surface area contributed by atoms with E-state index in [-0.39, 0.29) is 5.69 Å². The zero-order chi connectivity index (χ0) is 13.8. The fourth-order valence-corrected chi connectivity index (χ4v) is 1.29. The molecular weight excluding hydrogens is 234 g/mol. The number of esters is 1. The van der Waals surface area contributed by atoms with Gasteiger partial charge in [-0.3, -0.25) is 10.1 Å². The van der Waals surface area contributed by atoms with E-state index in [1.807, 2.05) is 0 Å². The number of hydrogen-bond donors (Lipinski definition) is 0. The number of nitro groups is 1. The summed E-state index contributed by atoms with van der Waals surface area (Å²) in [6.07, 6.45) is 2.57. The maximum absolute atomic E-state index is 11.4. The molecule has 0 fully saturated rings. The molecular formula is C13H15NO4. The van der Waals surface area contributed by atoms with Gasteiger partial charge in [-0.15, -0.1) is 0 Å². The first kappa shape index (κ1) is 13.9. The first-order valence-electron chi connectivity index (χ1n) is 5.44. The number of hydrogen-bond acceptors (Lipinski definition) is 4. The third-order valence-corrected chi connectivity index (χ3v) is 1.94. The molecule has 0 aliphatic rings. The Morgan fingerprint density at radius 3 is 2.50 bits per heavy atom. The third-order valence-electron chi connectivity index (χ3n) is 1.94. The van der Waals surface area contributed by atoms with Crippen LogP contribution in [0.5, 0.6) is 0 Å². The van der Waals surface area contributed by atoms with E-state index in [2.05, 4.69) is 0 Å². The predicted octanol–water partition coefficient (Wildman–Crippen LogP) is 2.95. The second kappa shape index (κ2) is 5.44. The van der Waals surface area contributed by atoms with Crippen LogP contribution in [0.1, 0.15) is 26.3 Å². The summed E-state index contributed by atoms with van der Waals surface area (Å²) in [5.41, 5.74) is -0.255. The largest absolute Gasteiger partial charge is 0.457 e. The quantitative estimate of drug-likeness (QED) is 0.357. The number of rotatable bonds is 3. The van der Waals surface area contributed by atoms with Gasteiger partial charge >= 0.3 is 5.97 Å². The fraction of sp³-hybridized carbons (Fsp3) is 0.308. The van der Waals surface area contributed by atoms with Crippen LogP contribution in [0, 0.1) is 10.1 Å². The van der Waals surface area contributed by atoms with E-state index in [9.17, 15) is 14.9 Å². The summed E-state index contributed by atoms with van der Waals surface area (Å²) < 4.78 is 5.06. The van der Waals surface area contributed by atoms with Gasteiger partial charge in [-0.1, -0.05) is 12.1 Å². The van der Waals surface area contributed by atoms with Gasteiger partial charge < -0.3 is 4.74 Å². The van der Waals surface area contributed by atoms with Crippen LogP contribution in [0.15, 0.2) is 30.3 Å². The molecule has 0 radical (unpaired) electrons. The summed E-state index contributed by atoms with van der Waals surface area (Å²) in [5, 5.41) is 10.8. The smallest absolute Gasteiger partial charge is 0.331 e. The Morgan fingerprint density at radius 2 is 1.94 bits per heavy atom. The van der Waals surface area contributed by atoms with Crippen LogP contribution < -0.4 is 0 Å². The van der Waals surface area contributed by atoms with Gasteiger partial charge in [-0.05, 0) is 32.9 Å². The lowest BCUT2D eigenvalue weighted by Crippen LogP contribution is -2.22. The number of para-hydroxylation sites is 1. The molecule has 0 saturated heterocycles. The van der Waals surface area contributed by atoms with E-state index in [1.165, 1.54) is 18.2 Å². The van der Waals surface area contributed by atoms with E-state index >= 15 is 0 Å². The molecule has 5 heteroatoms. The van der Waals surface area contributed by atoms with Gasteiger partial charge in [-0.25, -0.2) is 4.79 Å². The van der Waals surface area contributed by atoms with E-state index in [1.54, 1.807) is 39.0 Å². The first-order valence-corrected chi connectivity index (χ1v) is 5.44. The highest BCUT2D eigenvalue weighted by atomic mass is 16.6. The summed E-state index contributed by atoms with van der Waals surface area (Å²) in [4.78, 5) is 21.7. The van der Waals surface area contributed by atoms with Crippen LogP contribution >= 0.6 is 0 Å². The molecule has 0 aromatic heterocycles. The number of benzene rings is 1. The van der Waals surface area contributed by atoms with Crippen molar-refractivity contribution < 1.29 is 14.5 Å². The Balaban J connectivity index is 2.85. The number of ether oxygens (including phenoxy) is 1. The Morgan fingerprint density at radius 1 is 1.33 bits per heavy atom. The van der Waals surface area contributed by atoms with Crippen molar-refractivity contribution in [2.45, 2.75) is 26.4 Å². The minimum Gasteiger partial charge on any atom is -0.457 e. The molecule has 96 valence electrons. The predicted molar refractivity (Wildman–Crippen MR) is 68.0 cm³/mol. The second-order valence-corrected chi connectivity index (χ2v) is 4.68. The van der Waals surface area contributed by atoms with Crippen molar-refractivity contribution in [3.63, 3.8) is 0 Å². The Labute approximate surface area is 105 Å². The zero-order valence-electron chi connectivity index (χ0n) is 10.5. The lowest BCUT2D eigenvalue weighted by atomic mass is 10.1. The van der Waals surface area contributed by atoms with Crippen LogP contribution in [0.25, 0.3) is 6.08 Å². The average Bonchev–Trinajstić information content (AvgIpc) is 2.24. The van der Waals surface area contributed by atoms with Crippen molar-refractivity contribution >= 4 is 17.7 Å². The maximum atomic E-state index is 11.4. The summed E-state index contributed by atoms with van der Waals surface area (Å²) in [6.45, 7) is 5.26. The van der Waals surface area contributed by atoms with Crippen LogP contribution in [-0.2, 0) is 9.53 Å². The molecule has 1 rings (SSSR count). The van der Waals surface area contributed by atoms with Crippen molar-refractivity contribution in [2.75, 3.05) is 0 Å².